The molecule has 0 bridgehead atoms. The molecule has 202 valence electrons. The third-order valence-electron chi connectivity index (χ3n) is 6.10. The lowest BCUT2D eigenvalue weighted by atomic mass is 10.0. The summed E-state index contributed by atoms with van der Waals surface area (Å²) in [5.74, 6) is -0.484. The van der Waals surface area contributed by atoms with E-state index < -0.39 is 28.5 Å². The number of amides is 2. The molecule has 0 radical (unpaired) electrons. The van der Waals surface area contributed by atoms with Gasteiger partial charge in [0.2, 0.25) is 21.8 Å². The number of aryl methyl sites for hydroxylation is 1. The highest BCUT2D eigenvalue weighted by Crippen LogP contribution is 2.31. The highest BCUT2D eigenvalue weighted by Gasteiger charge is 2.33. The average molecular weight is 538 g/mol. The van der Waals surface area contributed by atoms with Gasteiger partial charge >= 0.3 is 0 Å². The number of rotatable bonds is 12. The zero-order chi connectivity index (χ0) is 27.7. The van der Waals surface area contributed by atoms with Crippen molar-refractivity contribution < 1.29 is 22.7 Å². The summed E-state index contributed by atoms with van der Waals surface area (Å²) >= 11 is 0. The largest absolute Gasteiger partial charge is 0.495 e. The minimum atomic E-state index is -3.88. The first-order valence-electron chi connectivity index (χ1n) is 12.4. The van der Waals surface area contributed by atoms with E-state index in [2.05, 4.69) is 5.32 Å². The number of sulfonamides is 1. The van der Waals surface area contributed by atoms with Gasteiger partial charge in [-0.1, -0.05) is 66.7 Å². The van der Waals surface area contributed by atoms with Gasteiger partial charge in [0.15, 0.2) is 0 Å². The second kappa shape index (κ2) is 13.1. The van der Waals surface area contributed by atoms with Crippen LogP contribution >= 0.6 is 0 Å². The molecule has 0 heterocycles. The number of hydrogen-bond acceptors (Lipinski definition) is 5. The molecule has 0 aliphatic rings. The standard InChI is InChI=1S/C29H35N3O5S/c1-5-30-29(34)26(19-23-12-8-6-9-13-23)31(20-24-14-10-7-11-15-24)28(33)21-32(38(4,35)36)25-18-22(2)16-17-27(25)37-3/h6-18,26H,5,19-21H2,1-4H3,(H,30,34). The highest BCUT2D eigenvalue weighted by atomic mass is 32.2. The van der Waals surface area contributed by atoms with Gasteiger partial charge in [0.25, 0.3) is 0 Å². The molecule has 0 saturated heterocycles. The van der Waals surface area contributed by atoms with Gasteiger partial charge in [-0.15, -0.1) is 0 Å². The van der Waals surface area contributed by atoms with Crippen molar-refractivity contribution in [3.63, 3.8) is 0 Å². The Hall–Kier alpha value is -3.85. The van der Waals surface area contributed by atoms with Gasteiger partial charge in [-0.2, -0.15) is 0 Å². The predicted octanol–water partition coefficient (Wildman–Crippen LogP) is 3.55. The van der Waals surface area contributed by atoms with Gasteiger partial charge in [-0.25, -0.2) is 8.42 Å². The summed E-state index contributed by atoms with van der Waals surface area (Å²) in [6, 6.07) is 23.1. The summed E-state index contributed by atoms with van der Waals surface area (Å²) in [4.78, 5) is 28.8. The van der Waals surface area contributed by atoms with E-state index in [4.69, 9.17) is 4.74 Å². The van der Waals surface area contributed by atoms with E-state index >= 15 is 0 Å². The van der Waals surface area contributed by atoms with E-state index in [1.807, 2.05) is 74.5 Å². The maximum Gasteiger partial charge on any atom is 0.244 e. The Labute approximate surface area is 225 Å². The summed E-state index contributed by atoms with van der Waals surface area (Å²) in [5.41, 5.74) is 2.78. The van der Waals surface area contributed by atoms with Crippen molar-refractivity contribution in [1.29, 1.82) is 0 Å². The average Bonchev–Trinajstić information content (AvgIpc) is 2.89. The number of hydrogen-bond donors (Lipinski definition) is 1. The Morgan fingerprint density at radius 2 is 1.55 bits per heavy atom. The Kier molecular flexibility index (Phi) is 9.90. The number of likely N-dealkylation sites (N-methyl/N-ethyl adjacent to an activating group) is 1. The van der Waals surface area contributed by atoms with E-state index in [1.165, 1.54) is 12.0 Å². The molecule has 0 aromatic heterocycles. The molecule has 0 spiro atoms. The molecule has 1 atom stereocenters. The van der Waals surface area contributed by atoms with E-state index in [1.54, 1.807) is 18.2 Å². The second-order valence-electron chi connectivity index (χ2n) is 9.05. The third kappa shape index (κ3) is 7.58. The van der Waals surface area contributed by atoms with Crippen molar-refractivity contribution in [2.24, 2.45) is 0 Å². The van der Waals surface area contributed by atoms with E-state index in [9.17, 15) is 18.0 Å². The molecule has 9 heteroatoms. The Balaban J connectivity index is 2.06. The fourth-order valence-electron chi connectivity index (χ4n) is 4.22. The molecule has 0 aliphatic heterocycles. The fourth-order valence-corrected chi connectivity index (χ4v) is 5.06. The lowest BCUT2D eigenvalue weighted by Gasteiger charge is -2.33. The van der Waals surface area contributed by atoms with Crippen molar-refractivity contribution in [2.75, 3.05) is 30.8 Å². The minimum absolute atomic E-state index is 0.136. The molecule has 0 fully saturated rings. The van der Waals surface area contributed by atoms with Crippen LogP contribution in [0.25, 0.3) is 0 Å². The Morgan fingerprint density at radius 3 is 2.11 bits per heavy atom. The van der Waals surface area contributed by atoms with Crippen LogP contribution in [-0.2, 0) is 32.6 Å². The Bertz CT molecular complexity index is 1330. The van der Waals surface area contributed by atoms with Gasteiger partial charge in [0, 0.05) is 19.5 Å². The smallest absolute Gasteiger partial charge is 0.244 e. The highest BCUT2D eigenvalue weighted by molar-refractivity contribution is 7.92. The number of benzene rings is 3. The zero-order valence-corrected chi connectivity index (χ0v) is 23.1. The minimum Gasteiger partial charge on any atom is -0.495 e. The summed E-state index contributed by atoms with van der Waals surface area (Å²) in [5, 5.41) is 2.84. The first-order valence-corrected chi connectivity index (χ1v) is 14.3. The van der Waals surface area contributed by atoms with Crippen molar-refractivity contribution in [3.8, 4) is 5.75 Å². The molecule has 0 saturated carbocycles. The summed E-state index contributed by atoms with van der Waals surface area (Å²) in [6.07, 6.45) is 1.33. The second-order valence-corrected chi connectivity index (χ2v) is 11.0. The molecule has 3 aromatic rings. The number of ether oxygens (including phenoxy) is 1. The van der Waals surface area contributed by atoms with Gasteiger partial charge in [0.1, 0.15) is 18.3 Å². The molecule has 3 rings (SSSR count). The van der Waals surface area contributed by atoms with Crippen molar-refractivity contribution >= 4 is 27.5 Å². The van der Waals surface area contributed by atoms with Crippen LogP contribution in [0.15, 0.2) is 78.9 Å². The van der Waals surface area contributed by atoms with E-state index in [-0.39, 0.29) is 24.6 Å². The topological polar surface area (TPSA) is 96.0 Å². The molecule has 8 nitrogen and oxygen atoms in total. The van der Waals surface area contributed by atoms with Crippen LogP contribution in [0.4, 0.5) is 5.69 Å². The lowest BCUT2D eigenvalue weighted by molar-refractivity contribution is -0.140. The number of carbonyl (C=O) groups excluding carboxylic acids is 2. The normalized spacial score (nSPS) is 11.9. The first-order chi connectivity index (χ1) is 18.1. The summed E-state index contributed by atoms with van der Waals surface area (Å²) in [6.45, 7) is 3.69. The van der Waals surface area contributed by atoms with Crippen LogP contribution < -0.4 is 14.4 Å². The molecule has 1 N–H and O–H groups in total. The molecule has 38 heavy (non-hydrogen) atoms. The van der Waals surface area contributed by atoms with Gasteiger partial charge in [0.05, 0.1) is 19.1 Å². The number of carbonyl (C=O) groups is 2. The van der Waals surface area contributed by atoms with Crippen LogP contribution in [0.3, 0.4) is 0 Å². The molecule has 2 amide bonds. The lowest BCUT2D eigenvalue weighted by Crippen LogP contribution is -2.53. The summed E-state index contributed by atoms with van der Waals surface area (Å²) in [7, 11) is -2.43. The van der Waals surface area contributed by atoms with Gasteiger partial charge in [-0.3, -0.25) is 13.9 Å². The number of nitrogens with one attached hydrogen (secondary N) is 1. The molecule has 0 aliphatic carbocycles. The zero-order valence-electron chi connectivity index (χ0n) is 22.3. The molecule has 3 aromatic carbocycles. The van der Waals surface area contributed by atoms with Crippen molar-refractivity contribution in [2.45, 2.75) is 32.9 Å². The molecule has 1 unspecified atom stereocenters. The number of methoxy groups -OCH3 is 1. The van der Waals surface area contributed by atoms with Crippen LogP contribution in [0, 0.1) is 6.92 Å². The Morgan fingerprint density at radius 1 is 0.947 bits per heavy atom. The maximum atomic E-state index is 14.0. The summed E-state index contributed by atoms with van der Waals surface area (Å²) < 4.78 is 32.3. The SMILES string of the molecule is CCNC(=O)C(Cc1ccccc1)N(Cc1ccccc1)C(=O)CN(c1cc(C)ccc1OC)S(C)(=O)=O. The monoisotopic (exact) mass is 537 g/mol. The van der Waals surface area contributed by atoms with Crippen LogP contribution in [0.1, 0.15) is 23.6 Å². The fraction of sp³-hybridized carbons (Fsp3) is 0.310. The third-order valence-corrected chi connectivity index (χ3v) is 7.23. The first kappa shape index (κ1) is 28.7. The van der Waals surface area contributed by atoms with Crippen molar-refractivity contribution in [1.82, 2.24) is 10.2 Å². The van der Waals surface area contributed by atoms with Crippen LogP contribution in [0.5, 0.6) is 5.75 Å². The molecular formula is C29H35N3O5S. The van der Waals surface area contributed by atoms with Gasteiger partial charge < -0.3 is 15.0 Å². The predicted molar refractivity (Wildman–Crippen MR) is 150 cm³/mol. The van der Waals surface area contributed by atoms with E-state index in [0.717, 1.165) is 27.3 Å². The van der Waals surface area contributed by atoms with Gasteiger partial charge in [-0.05, 0) is 42.7 Å². The number of nitrogens with zero attached hydrogens (tertiary/aromatic N) is 2. The molecular weight excluding hydrogens is 502 g/mol. The maximum absolute atomic E-state index is 14.0. The van der Waals surface area contributed by atoms with Crippen LogP contribution in [0.2, 0.25) is 0 Å². The van der Waals surface area contributed by atoms with Crippen molar-refractivity contribution in [3.05, 3.63) is 95.6 Å². The van der Waals surface area contributed by atoms with Crippen LogP contribution in [-0.4, -0.2) is 57.6 Å². The number of anilines is 1. The quantitative estimate of drug-likeness (QED) is 0.381. The van der Waals surface area contributed by atoms with E-state index in [0.29, 0.717) is 12.3 Å².